The van der Waals surface area contributed by atoms with Crippen molar-refractivity contribution in [1.82, 2.24) is 10.1 Å². The van der Waals surface area contributed by atoms with E-state index in [4.69, 9.17) is 16.1 Å². The maximum atomic E-state index is 10.3. The van der Waals surface area contributed by atoms with Crippen LogP contribution in [0.5, 0.6) is 0 Å². The number of carbonyl (C=O) groups is 1. The molecule has 4 nitrogen and oxygen atoms in total. The van der Waals surface area contributed by atoms with Crippen LogP contribution < -0.4 is 0 Å². The average Bonchev–Trinajstić information content (AvgIpc) is 2.65. The number of rotatable bonds is 3. The summed E-state index contributed by atoms with van der Waals surface area (Å²) < 4.78 is 4.86. The smallest absolute Gasteiger partial charge is 0.235 e. The third-order valence-corrected chi connectivity index (χ3v) is 2.07. The van der Waals surface area contributed by atoms with Crippen LogP contribution in [-0.4, -0.2) is 16.4 Å². The maximum Gasteiger partial charge on any atom is 0.235 e. The van der Waals surface area contributed by atoms with Gasteiger partial charge >= 0.3 is 0 Å². The summed E-state index contributed by atoms with van der Waals surface area (Å²) in [6, 6.07) is 7.34. The van der Waals surface area contributed by atoms with Crippen LogP contribution in [0.4, 0.5) is 0 Å². The number of hydrogen-bond donors (Lipinski definition) is 0. The summed E-state index contributed by atoms with van der Waals surface area (Å²) in [5.74, 6) is 0.464. The third kappa shape index (κ3) is 2.41. The van der Waals surface area contributed by atoms with Gasteiger partial charge in [-0.05, 0) is 17.7 Å². The van der Waals surface area contributed by atoms with E-state index >= 15 is 0 Å². The average molecular weight is 223 g/mol. The van der Waals surface area contributed by atoms with E-state index in [1.165, 1.54) is 0 Å². The zero-order chi connectivity index (χ0) is 10.7. The molecule has 15 heavy (non-hydrogen) atoms. The molecule has 76 valence electrons. The van der Waals surface area contributed by atoms with Crippen LogP contribution in [0, 0.1) is 0 Å². The van der Waals surface area contributed by atoms with Crippen LogP contribution >= 0.6 is 11.6 Å². The van der Waals surface area contributed by atoms with Gasteiger partial charge in [-0.2, -0.15) is 4.98 Å². The van der Waals surface area contributed by atoms with Gasteiger partial charge in [-0.1, -0.05) is 28.9 Å². The third-order valence-electron chi connectivity index (χ3n) is 1.83. The number of aldehydes is 1. The first-order chi connectivity index (χ1) is 7.28. The second-order valence-electron chi connectivity index (χ2n) is 2.97. The molecule has 0 spiro atoms. The molecule has 0 N–H and O–H groups in total. The van der Waals surface area contributed by atoms with Crippen LogP contribution in [0.2, 0.25) is 5.02 Å². The van der Waals surface area contributed by atoms with E-state index in [0.29, 0.717) is 23.6 Å². The fourth-order valence-electron chi connectivity index (χ4n) is 1.21. The highest BCUT2D eigenvalue weighted by Gasteiger charge is 2.06. The molecule has 0 unspecified atom stereocenters. The number of carbonyl (C=O) groups excluding carboxylic acids is 1. The lowest BCUT2D eigenvalue weighted by molar-refractivity contribution is 0.111. The molecule has 0 amide bonds. The fourth-order valence-corrected chi connectivity index (χ4v) is 1.42. The van der Waals surface area contributed by atoms with Crippen molar-refractivity contribution < 1.29 is 9.32 Å². The number of benzene rings is 1. The summed E-state index contributed by atoms with van der Waals surface area (Å²) in [6.45, 7) is 0. The molecule has 1 heterocycles. The first-order valence-electron chi connectivity index (χ1n) is 4.30. The van der Waals surface area contributed by atoms with E-state index in [1.807, 2.05) is 18.2 Å². The van der Waals surface area contributed by atoms with E-state index in [2.05, 4.69) is 10.1 Å². The lowest BCUT2D eigenvalue weighted by atomic mass is 10.1. The van der Waals surface area contributed by atoms with Crippen molar-refractivity contribution in [2.24, 2.45) is 0 Å². The summed E-state index contributed by atoms with van der Waals surface area (Å²) in [4.78, 5) is 14.2. The summed E-state index contributed by atoms with van der Waals surface area (Å²) in [5.41, 5.74) is 0.962. The predicted molar refractivity (Wildman–Crippen MR) is 53.9 cm³/mol. The van der Waals surface area contributed by atoms with Crippen LogP contribution in [0.1, 0.15) is 22.1 Å². The summed E-state index contributed by atoms with van der Waals surface area (Å²) >= 11 is 5.82. The first kappa shape index (κ1) is 9.86. The Morgan fingerprint density at radius 3 is 3.00 bits per heavy atom. The van der Waals surface area contributed by atoms with Gasteiger partial charge < -0.3 is 4.52 Å². The number of nitrogens with zero attached hydrogens (tertiary/aromatic N) is 2. The molecule has 0 fully saturated rings. The van der Waals surface area contributed by atoms with Gasteiger partial charge in [0.1, 0.15) is 0 Å². The predicted octanol–water partition coefficient (Wildman–Crippen LogP) is 2.13. The van der Waals surface area contributed by atoms with Crippen molar-refractivity contribution in [3.05, 3.63) is 46.6 Å². The van der Waals surface area contributed by atoms with Crippen molar-refractivity contribution in [2.75, 3.05) is 0 Å². The van der Waals surface area contributed by atoms with Gasteiger partial charge in [-0.3, -0.25) is 4.79 Å². The molecule has 1 aromatic heterocycles. The molecule has 1 aromatic carbocycles. The van der Waals surface area contributed by atoms with Gasteiger partial charge in [0, 0.05) is 5.02 Å². The molecule has 0 radical (unpaired) electrons. The number of hydrogen-bond acceptors (Lipinski definition) is 4. The molecule has 0 bridgehead atoms. The highest BCUT2D eigenvalue weighted by Crippen LogP contribution is 2.13. The van der Waals surface area contributed by atoms with Gasteiger partial charge in [0.05, 0.1) is 6.42 Å². The largest absolute Gasteiger partial charge is 0.339 e. The second kappa shape index (κ2) is 4.23. The Morgan fingerprint density at radius 2 is 2.33 bits per heavy atom. The fraction of sp³-hybridized carbons (Fsp3) is 0.100. The van der Waals surface area contributed by atoms with Crippen molar-refractivity contribution in [3.8, 4) is 0 Å². The molecule has 0 aliphatic carbocycles. The molecule has 5 heteroatoms. The second-order valence-corrected chi connectivity index (χ2v) is 3.41. The summed E-state index contributed by atoms with van der Waals surface area (Å²) in [7, 11) is 0. The zero-order valence-electron chi connectivity index (χ0n) is 7.68. The van der Waals surface area contributed by atoms with E-state index in [1.54, 1.807) is 6.07 Å². The number of aromatic nitrogens is 2. The van der Waals surface area contributed by atoms with Crippen molar-refractivity contribution >= 4 is 17.9 Å². The van der Waals surface area contributed by atoms with Crippen molar-refractivity contribution in [3.63, 3.8) is 0 Å². The van der Waals surface area contributed by atoms with Gasteiger partial charge in [0.2, 0.25) is 11.7 Å². The highest BCUT2D eigenvalue weighted by molar-refractivity contribution is 6.30. The maximum absolute atomic E-state index is 10.3. The minimum atomic E-state index is 0.0621. The Kier molecular flexibility index (Phi) is 2.78. The Balaban J connectivity index is 2.18. The molecule has 0 atom stereocenters. The van der Waals surface area contributed by atoms with E-state index < -0.39 is 0 Å². The van der Waals surface area contributed by atoms with Crippen LogP contribution in [0.25, 0.3) is 0 Å². The topological polar surface area (TPSA) is 56.0 Å². The monoisotopic (exact) mass is 222 g/mol. The SMILES string of the molecule is O=Cc1noc(Cc2cccc(Cl)c2)n1. The quantitative estimate of drug-likeness (QED) is 0.747. The number of halogens is 1. The van der Waals surface area contributed by atoms with Gasteiger partial charge in [-0.15, -0.1) is 0 Å². The minimum Gasteiger partial charge on any atom is -0.339 e. The summed E-state index contributed by atoms with van der Waals surface area (Å²) in [5, 5.41) is 4.12. The first-order valence-corrected chi connectivity index (χ1v) is 4.68. The summed E-state index contributed by atoms with van der Waals surface area (Å²) in [6.07, 6.45) is 1.02. The normalized spacial score (nSPS) is 10.2. The minimum absolute atomic E-state index is 0.0621. The zero-order valence-corrected chi connectivity index (χ0v) is 8.44. The van der Waals surface area contributed by atoms with Gasteiger partial charge in [0.15, 0.2) is 6.29 Å². The molecular formula is C10H7ClN2O2. The van der Waals surface area contributed by atoms with E-state index in [9.17, 15) is 4.79 Å². The lowest BCUT2D eigenvalue weighted by Gasteiger charge is -1.96. The molecule has 0 aliphatic rings. The Morgan fingerprint density at radius 1 is 1.47 bits per heavy atom. The molecule has 0 saturated carbocycles. The Labute approximate surface area is 90.9 Å². The Bertz CT molecular complexity index is 482. The molecule has 0 aliphatic heterocycles. The van der Waals surface area contributed by atoms with Crippen molar-refractivity contribution in [1.29, 1.82) is 0 Å². The molecule has 2 aromatic rings. The molecular weight excluding hydrogens is 216 g/mol. The highest BCUT2D eigenvalue weighted by atomic mass is 35.5. The van der Waals surface area contributed by atoms with Crippen LogP contribution in [0.15, 0.2) is 28.8 Å². The molecule has 0 saturated heterocycles. The van der Waals surface area contributed by atoms with E-state index in [-0.39, 0.29) is 5.82 Å². The van der Waals surface area contributed by atoms with Crippen LogP contribution in [0.3, 0.4) is 0 Å². The standard InChI is InChI=1S/C10H7ClN2O2/c11-8-3-1-2-7(4-8)5-10-12-9(6-14)13-15-10/h1-4,6H,5H2. The van der Waals surface area contributed by atoms with Gasteiger partial charge in [-0.25, -0.2) is 0 Å². The van der Waals surface area contributed by atoms with Crippen LogP contribution in [-0.2, 0) is 6.42 Å². The van der Waals surface area contributed by atoms with Gasteiger partial charge in [0.25, 0.3) is 0 Å². The van der Waals surface area contributed by atoms with E-state index in [0.717, 1.165) is 5.56 Å². The van der Waals surface area contributed by atoms with Crippen molar-refractivity contribution in [2.45, 2.75) is 6.42 Å². The lowest BCUT2D eigenvalue weighted by Crippen LogP contribution is -1.89. The Hall–Kier alpha value is -1.68. The molecule has 2 rings (SSSR count).